The van der Waals surface area contributed by atoms with Crippen LogP contribution in [0.2, 0.25) is 0 Å². The summed E-state index contributed by atoms with van der Waals surface area (Å²) >= 11 is 1.46. The van der Waals surface area contributed by atoms with Crippen LogP contribution in [0.15, 0.2) is 24.3 Å². The zero-order valence-corrected chi connectivity index (χ0v) is 13.8. The molecule has 3 atom stereocenters. The summed E-state index contributed by atoms with van der Waals surface area (Å²) < 4.78 is 6.10. The van der Waals surface area contributed by atoms with E-state index in [-0.39, 0.29) is 6.10 Å². The molecule has 0 aliphatic carbocycles. The minimum Gasteiger partial charge on any atom is -0.465 e. The lowest BCUT2D eigenvalue weighted by Crippen LogP contribution is -2.43. The van der Waals surface area contributed by atoms with E-state index in [1.165, 1.54) is 24.2 Å². The normalized spacial score (nSPS) is 26.9. The molecule has 2 saturated heterocycles. The van der Waals surface area contributed by atoms with Crippen molar-refractivity contribution in [3.8, 4) is 21.8 Å². The van der Waals surface area contributed by atoms with Crippen LogP contribution in [0.25, 0.3) is 10.6 Å². The van der Waals surface area contributed by atoms with Crippen LogP contribution >= 0.6 is 11.3 Å². The third-order valence-electron chi connectivity index (χ3n) is 4.97. The number of aromatic nitrogens is 2. The molecule has 4 rings (SSSR count). The van der Waals surface area contributed by atoms with Gasteiger partial charge < -0.3 is 9.64 Å². The van der Waals surface area contributed by atoms with Gasteiger partial charge in [-0.1, -0.05) is 28.6 Å². The molecule has 6 heteroatoms. The summed E-state index contributed by atoms with van der Waals surface area (Å²) in [5.41, 5.74) is 1.55. The molecular weight excluding hydrogens is 308 g/mol. The van der Waals surface area contributed by atoms with Gasteiger partial charge >= 0.3 is 0 Å². The monoisotopic (exact) mass is 326 g/mol. The molecule has 2 unspecified atom stereocenters. The van der Waals surface area contributed by atoms with Crippen LogP contribution < -0.4 is 4.74 Å². The molecule has 5 nitrogen and oxygen atoms in total. The number of fused-ring (bicyclic) bond motifs is 2. The van der Waals surface area contributed by atoms with E-state index in [2.05, 4.69) is 28.2 Å². The van der Waals surface area contributed by atoms with Crippen molar-refractivity contribution >= 4 is 11.3 Å². The maximum Gasteiger partial charge on any atom is 0.294 e. The number of nitrogens with zero attached hydrogens (tertiary/aromatic N) is 4. The summed E-state index contributed by atoms with van der Waals surface area (Å²) in [6.45, 7) is 0. The summed E-state index contributed by atoms with van der Waals surface area (Å²) in [7, 11) is 2.23. The molecule has 3 heterocycles. The van der Waals surface area contributed by atoms with Gasteiger partial charge in [0.05, 0.1) is 11.6 Å². The van der Waals surface area contributed by atoms with Crippen molar-refractivity contribution in [2.75, 3.05) is 7.05 Å². The molecule has 118 valence electrons. The van der Waals surface area contributed by atoms with E-state index in [1.807, 2.05) is 18.2 Å². The number of hydrogen-bond donors (Lipinski definition) is 0. The third-order valence-corrected chi connectivity index (χ3v) is 5.83. The second kappa shape index (κ2) is 5.91. The Kier molecular flexibility index (Phi) is 3.76. The highest BCUT2D eigenvalue weighted by Gasteiger charge is 2.39. The molecule has 0 N–H and O–H groups in total. The molecule has 2 fully saturated rings. The Morgan fingerprint density at radius 1 is 1.26 bits per heavy atom. The molecule has 1 aromatic carbocycles. The lowest BCUT2D eigenvalue weighted by Gasteiger charge is -2.35. The van der Waals surface area contributed by atoms with Crippen LogP contribution in [0.5, 0.6) is 5.19 Å². The van der Waals surface area contributed by atoms with Gasteiger partial charge in [0, 0.05) is 17.6 Å². The summed E-state index contributed by atoms with van der Waals surface area (Å²) in [5.74, 6) is 0. The van der Waals surface area contributed by atoms with Gasteiger partial charge in [0.15, 0.2) is 5.01 Å². The number of ether oxygens (including phenoxy) is 1. The molecule has 2 bridgehead atoms. The van der Waals surface area contributed by atoms with Crippen LogP contribution in [0.1, 0.15) is 31.2 Å². The van der Waals surface area contributed by atoms with Crippen molar-refractivity contribution in [1.29, 1.82) is 5.26 Å². The van der Waals surface area contributed by atoms with E-state index in [1.54, 1.807) is 6.07 Å². The van der Waals surface area contributed by atoms with Crippen LogP contribution in [-0.2, 0) is 0 Å². The number of benzene rings is 1. The van der Waals surface area contributed by atoms with E-state index >= 15 is 0 Å². The fraction of sp³-hybridized carbons (Fsp3) is 0.471. The summed E-state index contributed by atoms with van der Waals surface area (Å²) in [6.07, 6.45) is 4.96. The SMILES string of the molecule is CN1C2CC[C@H]1CC(Oc1nnc(-c3cccc(C#N)c3)s1)C2. The first-order valence-corrected chi connectivity index (χ1v) is 8.77. The number of hydrogen-bond acceptors (Lipinski definition) is 6. The van der Waals surface area contributed by atoms with E-state index in [9.17, 15) is 0 Å². The van der Waals surface area contributed by atoms with Gasteiger partial charge in [-0.2, -0.15) is 5.26 Å². The number of nitriles is 1. The first-order chi connectivity index (χ1) is 11.2. The molecule has 23 heavy (non-hydrogen) atoms. The van der Waals surface area contributed by atoms with Gasteiger partial charge in [-0.05, 0) is 44.9 Å². The van der Waals surface area contributed by atoms with E-state index in [4.69, 9.17) is 10.00 Å². The Labute approximate surface area is 139 Å². The topological polar surface area (TPSA) is 62.0 Å². The highest BCUT2D eigenvalue weighted by atomic mass is 32.1. The van der Waals surface area contributed by atoms with Gasteiger partial charge in [-0.15, -0.1) is 5.10 Å². The second-order valence-corrected chi connectivity index (χ2v) is 7.27. The van der Waals surface area contributed by atoms with E-state index in [0.717, 1.165) is 23.4 Å². The van der Waals surface area contributed by atoms with E-state index < -0.39 is 0 Å². The Morgan fingerprint density at radius 3 is 2.78 bits per heavy atom. The standard InChI is InChI=1S/C17H18N4OS/c1-21-13-5-6-14(21)9-15(8-13)22-17-20-19-16(23-17)12-4-2-3-11(7-12)10-18/h2-4,7,13-15H,5-6,8-9H2,1H3/t13-,14?,15?/m0/s1. The molecule has 0 saturated carbocycles. The zero-order valence-electron chi connectivity index (χ0n) is 13.0. The minimum absolute atomic E-state index is 0.245. The van der Waals surface area contributed by atoms with Crippen LogP contribution in [-0.4, -0.2) is 40.3 Å². The largest absolute Gasteiger partial charge is 0.465 e. The molecule has 2 aromatic rings. The average molecular weight is 326 g/mol. The molecule has 2 aliphatic rings. The fourth-order valence-corrected chi connectivity index (χ4v) is 4.45. The lowest BCUT2D eigenvalue weighted by atomic mass is 10.0. The smallest absolute Gasteiger partial charge is 0.294 e. The Bertz CT molecular complexity index is 739. The molecule has 0 radical (unpaired) electrons. The van der Waals surface area contributed by atoms with Gasteiger partial charge in [-0.3, -0.25) is 0 Å². The average Bonchev–Trinajstić information content (AvgIpc) is 3.09. The maximum atomic E-state index is 9.00. The van der Waals surface area contributed by atoms with Crippen molar-refractivity contribution in [1.82, 2.24) is 15.1 Å². The van der Waals surface area contributed by atoms with Crippen LogP contribution in [0, 0.1) is 11.3 Å². The van der Waals surface area contributed by atoms with Crippen LogP contribution in [0.3, 0.4) is 0 Å². The third kappa shape index (κ3) is 2.82. The van der Waals surface area contributed by atoms with E-state index in [0.29, 0.717) is 22.8 Å². The first-order valence-electron chi connectivity index (χ1n) is 7.95. The first kappa shape index (κ1) is 14.6. The molecule has 0 amide bonds. The molecule has 2 aliphatic heterocycles. The van der Waals surface area contributed by atoms with Crippen molar-refractivity contribution < 1.29 is 4.74 Å². The van der Waals surface area contributed by atoms with Gasteiger partial charge in [0.1, 0.15) is 6.10 Å². The summed E-state index contributed by atoms with van der Waals surface area (Å²) in [5, 5.41) is 18.8. The highest BCUT2D eigenvalue weighted by molar-refractivity contribution is 7.16. The molecule has 1 aromatic heterocycles. The van der Waals surface area contributed by atoms with Gasteiger partial charge in [0.2, 0.25) is 0 Å². The lowest BCUT2D eigenvalue weighted by molar-refractivity contribution is 0.0655. The molecule has 0 spiro atoms. The summed E-state index contributed by atoms with van der Waals surface area (Å²) in [6, 6.07) is 10.9. The Balaban J connectivity index is 1.47. The number of rotatable bonds is 3. The Morgan fingerprint density at radius 2 is 2.04 bits per heavy atom. The fourth-order valence-electron chi connectivity index (χ4n) is 3.70. The predicted octanol–water partition coefficient (Wildman–Crippen LogP) is 3.08. The van der Waals surface area contributed by atoms with Crippen molar-refractivity contribution in [3.63, 3.8) is 0 Å². The zero-order chi connectivity index (χ0) is 15.8. The van der Waals surface area contributed by atoms with Crippen molar-refractivity contribution in [3.05, 3.63) is 29.8 Å². The maximum absolute atomic E-state index is 9.00. The predicted molar refractivity (Wildman–Crippen MR) is 88.3 cm³/mol. The summed E-state index contributed by atoms with van der Waals surface area (Å²) in [4.78, 5) is 2.50. The van der Waals surface area contributed by atoms with Crippen LogP contribution in [0.4, 0.5) is 0 Å². The highest BCUT2D eigenvalue weighted by Crippen LogP contribution is 2.37. The quantitative estimate of drug-likeness (QED) is 0.867. The Hall–Kier alpha value is -1.97. The van der Waals surface area contributed by atoms with Gasteiger partial charge in [-0.25, -0.2) is 0 Å². The second-order valence-electron chi connectivity index (χ2n) is 6.33. The minimum atomic E-state index is 0.245. The van der Waals surface area contributed by atoms with Crippen molar-refractivity contribution in [2.45, 2.75) is 43.9 Å². The van der Waals surface area contributed by atoms with Gasteiger partial charge in [0.25, 0.3) is 5.19 Å². The number of piperidine rings is 1. The van der Waals surface area contributed by atoms with Crippen molar-refractivity contribution in [2.24, 2.45) is 0 Å². The molecular formula is C17H18N4OS.